The minimum Gasteiger partial charge on any atom is -0.399 e. The van der Waals surface area contributed by atoms with Crippen LogP contribution < -0.4 is 10.5 Å². The maximum Gasteiger partial charge on any atom is 0.244 e. The van der Waals surface area contributed by atoms with Gasteiger partial charge in [-0.05, 0) is 28.1 Å². The van der Waals surface area contributed by atoms with Crippen LogP contribution >= 0.6 is 15.9 Å². The van der Waals surface area contributed by atoms with E-state index in [1.54, 1.807) is 0 Å². The quantitative estimate of drug-likeness (QED) is 0.772. The number of rotatable bonds is 4. The molecule has 0 aromatic heterocycles. The summed E-state index contributed by atoms with van der Waals surface area (Å²) in [5.41, 5.74) is 5.56. The van der Waals surface area contributed by atoms with E-state index in [-0.39, 0.29) is 10.2 Å². The number of carbonyl (C=O) groups excluding carboxylic acids is 1. The standard InChI is InChI=1S/C10H13BrFN3O3S/c1-15(2)9(16)5-14-19(17,18)8-4-6(13)3-7(11)10(8)12/h3-4,14H,5,13H2,1-2H3. The van der Waals surface area contributed by atoms with E-state index >= 15 is 0 Å². The van der Waals surface area contributed by atoms with Crippen molar-refractivity contribution in [3.8, 4) is 0 Å². The summed E-state index contributed by atoms with van der Waals surface area (Å²) >= 11 is 2.87. The lowest BCUT2D eigenvalue weighted by Crippen LogP contribution is -2.36. The third-order valence-corrected chi connectivity index (χ3v) is 4.20. The summed E-state index contributed by atoms with van der Waals surface area (Å²) in [6, 6.07) is 2.24. The second-order valence-electron chi connectivity index (χ2n) is 3.93. The van der Waals surface area contributed by atoms with Crippen molar-refractivity contribution in [3.05, 3.63) is 22.4 Å². The predicted octanol–water partition coefficient (Wildman–Crippen LogP) is 0.537. The third kappa shape index (κ3) is 3.88. The van der Waals surface area contributed by atoms with Crippen molar-refractivity contribution >= 4 is 37.5 Å². The Bertz CT molecular complexity index is 604. The lowest BCUT2D eigenvalue weighted by Gasteiger charge is -2.12. The number of likely N-dealkylation sites (N-methyl/N-ethyl adjacent to an activating group) is 1. The number of benzene rings is 1. The van der Waals surface area contributed by atoms with E-state index in [0.29, 0.717) is 0 Å². The average Bonchev–Trinajstić information content (AvgIpc) is 2.30. The van der Waals surface area contributed by atoms with Crippen molar-refractivity contribution in [3.63, 3.8) is 0 Å². The van der Waals surface area contributed by atoms with Crippen LogP contribution in [0.1, 0.15) is 0 Å². The van der Waals surface area contributed by atoms with E-state index in [1.807, 2.05) is 4.72 Å². The van der Waals surface area contributed by atoms with Crippen LogP contribution in [0.5, 0.6) is 0 Å². The molecule has 0 aliphatic rings. The molecule has 1 aromatic carbocycles. The lowest BCUT2D eigenvalue weighted by atomic mass is 10.3. The van der Waals surface area contributed by atoms with Gasteiger partial charge < -0.3 is 10.6 Å². The Kier molecular flexibility index (Phi) is 4.88. The molecule has 0 spiro atoms. The first-order chi connectivity index (χ1) is 8.65. The summed E-state index contributed by atoms with van der Waals surface area (Å²) in [6.07, 6.45) is 0. The Morgan fingerprint density at radius 3 is 2.58 bits per heavy atom. The summed E-state index contributed by atoms with van der Waals surface area (Å²) in [5, 5.41) is 0. The fourth-order valence-corrected chi connectivity index (χ4v) is 2.89. The largest absolute Gasteiger partial charge is 0.399 e. The molecule has 106 valence electrons. The van der Waals surface area contributed by atoms with Gasteiger partial charge in [0.2, 0.25) is 15.9 Å². The molecular formula is C10H13BrFN3O3S. The highest BCUT2D eigenvalue weighted by Gasteiger charge is 2.22. The second kappa shape index (κ2) is 5.85. The highest BCUT2D eigenvalue weighted by Crippen LogP contribution is 2.25. The van der Waals surface area contributed by atoms with Gasteiger partial charge in [0.1, 0.15) is 4.90 Å². The number of amides is 1. The SMILES string of the molecule is CN(C)C(=O)CNS(=O)(=O)c1cc(N)cc(Br)c1F. The van der Waals surface area contributed by atoms with Gasteiger partial charge in [-0.15, -0.1) is 0 Å². The number of halogens is 2. The molecule has 0 bridgehead atoms. The third-order valence-electron chi connectivity index (χ3n) is 2.22. The van der Waals surface area contributed by atoms with Gasteiger partial charge in [0.15, 0.2) is 5.82 Å². The molecule has 0 saturated heterocycles. The van der Waals surface area contributed by atoms with Gasteiger partial charge in [0.25, 0.3) is 0 Å². The molecule has 3 N–H and O–H groups in total. The molecule has 0 atom stereocenters. The summed E-state index contributed by atoms with van der Waals surface area (Å²) in [7, 11) is -1.19. The van der Waals surface area contributed by atoms with E-state index in [1.165, 1.54) is 25.1 Å². The number of carbonyl (C=O) groups is 1. The number of nitrogen functional groups attached to an aromatic ring is 1. The van der Waals surface area contributed by atoms with Crippen LogP contribution in [0.2, 0.25) is 0 Å². The molecule has 0 unspecified atom stereocenters. The molecule has 1 rings (SSSR count). The van der Waals surface area contributed by atoms with Crippen LogP contribution in [0.4, 0.5) is 10.1 Å². The van der Waals surface area contributed by atoms with Crippen molar-refractivity contribution in [2.75, 3.05) is 26.4 Å². The van der Waals surface area contributed by atoms with Crippen molar-refractivity contribution in [2.24, 2.45) is 0 Å². The molecule has 1 amide bonds. The number of hydrogen-bond acceptors (Lipinski definition) is 4. The fraction of sp³-hybridized carbons (Fsp3) is 0.300. The number of nitrogens with two attached hydrogens (primary N) is 1. The monoisotopic (exact) mass is 353 g/mol. The minimum atomic E-state index is -4.15. The van der Waals surface area contributed by atoms with Crippen LogP contribution in [-0.2, 0) is 14.8 Å². The zero-order valence-corrected chi connectivity index (χ0v) is 12.7. The fourth-order valence-electron chi connectivity index (χ4n) is 1.17. The van der Waals surface area contributed by atoms with Crippen LogP contribution in [0.15, 0.2) is 21.5 Å². The summed E-state index contributed by atoms with van der Waals surface area (Å²) in [6.45, 7) is -0.457. The first-order valence-corrected chi connectivity index (χ1v) is 7.37. The zero-order chi connectivity index (χ0) is 14.8. The molecular weight excluding hydrogens is 341 g/mol. The minimum absolute atomic E-state index is 0.0631. The summed E-state index contributed by atoms with van der Waals surface area (Å²) < 4.78 is 39.5. The Hall–Kier alpha value is -1.19. The first-order valence-electron chi connectivity index (χ1n) is 5.09. The lowest BCUT2D eigenvalue weighted by molar-refractivity contribution is -0.127. The maximum atomic E-state index is 13.7. The number of nitrogens with one attached hydrogen (secondary N) is 1. The van der Waals surface area contributed by atoms with Crippen LogP contribution in [0.25, 0.3) is 0 Å². The van der Waals surface area contributed by atoms with Gasteiger partial charge >= 0.3 is 0 Å². The van der Waals surface area contributed by atoms with Gasteiger partial charge in [-0.2, -0.15) is 0 Å². The van der Waals surface area contributed by atoms with Crippen LogP contribution in [-0.4, -0.2) is 39.9 Å². The number of sulfonamides is 1. The predicted molar refractivity (Wildman–Crippen MR) is 72.4 cm³/mol. The van der Waals surface area contributed by atoms with Gasteiger partial charge in [-0.25, -0.2) is 17.5 Å². The van der Waals surface area contributed by atoms with Crippen molar-refractivity contribution < 1.29 is 17.6 Å². The molecule has 0 radical (unpaired) electrons. The Morgan fingerprint density at radius 2 is 2.05 bits per heavy atom. The van der Waals surface area contributed by atoms with Gasteiger partial charge in [-0.3, -0.25) is 4.79 Å². The van der Waals surface area contributed by atoms with E-state index < -0.39 is 33.2 Å². The number of nitrogens with zero attached hydrogens (tertiary/aromatic N) is 1. The molecule has 0 heterocycles. The molecule has 0 saturated carbocycles. The maximum absolute atomic E-state index is 13.7. The van der Waals surface area contributed by atoms with Gasteiger partial charge in [-0.1, -0.05) is 0 Å². The van der Waals surface area contributed by atoms with Crippen LogP contribution in [0, 0.1) is 5.82 Å². The smallest absolute Gasteiger partial charge is 0.244 e. The Morgan fingerprint density at radius 1 is 1.47 bits per heavy atom. The van der Waals surface area contributed by atoms with Crippen LogP contribution in [0.3, 0.4) is 0 Å². The van der Waals surface area contributed by atoms with E-state index in [2.05, 4.69) is 15.9 Å². The summed E-state index contributed by atoms with van der Waals surface area (Å²) in [4.78, 5) is 11.9. The van der Waals surface area contributed by atoms with E-state index in [4.69, 9.17) is 5.73 Å². The van der Waals surface area contributed by atoms with Crippen molar-refractivity contribution in [1.29, 1.82) is 0 Å². The highest BCUT2D eigenvalue weighted by molar-refractivity contribution is 9.10. The molecule has 0 aliphatic heterocycles. The Labute approximate surface area is 118 Å². The molecule has 0 aliphatic carbocycles. The van der Waals surface area contributed by atoms with Gasteiger partial charge in [0, 0.05) is 19.8 Å². The molecule has 19 heavy (non-hydrogen) atoms. The average molecular weight is 354 g/mol. The number of hydrogen-bond donors (Lipinski definition) is 2. The molecule has 0 fully saturated rings. The topological polar surface area (TPSA) is 92.5 Å². The van der Waals surface area contributed by atoms with Crippen molar-refractivity contribution in [1.82, 2.24) is 9.62 Å². The first kappa shape index (κ1) is 15.9. The number of anilines is 1. The highest BCUT2D eigenvalue weighted by atomic mass is 79.9. The zero-order valence-electron chi connectivity index (χ0n) is 10.3. The van der Waals surface area contributed by atoms with E-state index in [0.717, 1.165) is 6.07 Å². The molecule has 6 nitrogen and oxygen atoms in total. The normalized spacial score (nSPS) is 11.4. The van der Waals surface area contributed by atoms with E-state index in [9.17, 15) is 17.6 Å². The van der Waals surface area contributed by atoms with Crippen molar-refractivity contribution in [2.45, 2.75) is 4.90 Å². The molecule has 1 aromatic rings. The Balaban J connectivity index is 3.05. The molecule has 9 heteroatoms. The second-order valence-corrected chi connectivity index (χ2v) is 6.52. The van der Waals surface area contributed by atoms with Gasteiger partial charge in [0.05, 0.1) is 11.0 Å². The summed E-state index contributed by atoms with van der Waals surface area (Å²) in [5.74, 6) is -1.41.